The molecule has 9 nitrogen and oxygen atoms in total. The van der Waals surface area contributed by atoms with E-state index in [9.17, 15) is 0 Å². The first-order valence-corrected chi connectivity index (χ1v) is 13.2. The van der Waals surface area contributed by atoms with Crippen molar-refractivity contribution in [3.63, 3.8) is 0 Å². The molecule has 0 spiro atoms. The predicted molar refractivity (Wildman–Crippen MR) is 117 cm³/mol. The van der Waals surface area contributed by atoms with Gasteiger partial charge in [-0.25, -0.2) is 0 Å². The van der Waals surface area contributed by atoms with Crippen LogP contribution >= 0.6 is 0 Å². The molecular weight excluding hydrogens is 518 g/mol. The Balaban J connectivity index is 0.00000168. The standard InChI is InChI=1S/3C7H11N2.BO3.2ClH.Cr/c3*1-3-6-5-7(4-2)9-8-6;2-1(3)4;;;/h3*3-4H2,1-2H3,(H,8,9);;2*1H;/q;;;-3;;;+5/p-2. The van der Waals surface area contributed by atoms with Crippen LogP contribution in [0.2, 0.25) is 0 Å². The zero-order chi connectivity index (χ0) is 23.8. The monoisotopic (exact) mass is 550 g/mol. The van der Waals surface area contributed by atoms with E-state index in [1.807, 2.05) is 0 Å². The molecule has 3 aromatic heterocycles. The smallest absolute Gasteiger partial charge is 0.278 e. The number of hydrogen-bond acceptors (Lipinski definition) is 6. The van der Waals surface area contributed by atoms with Crippen LogP contribution in [0.3, 0.4) is 0 Å². The number of nitrogens with one attached hydrogen (secondary N) is 3. The summed E-state index contributed by atoms with van der Waals surface area (Å²) in [5.41, 5.74) is 7.44. The van der Waals surface area contributed by atoms with Crippen molar-refractivity contribution in [3.05, 3.63) is 34.2 Å². The summed E-state index contributed by atoms with van der Waals surface area (Å²) in [4.78, 5) is 0. The van der Waals surface area contributed by atoms with Crippen LogP contribution in [-0.2, 0) is 52.7 Å². The molecule has 3 N–H and O–H groups in total. The van der Waals surface area contributed by atoms with Gasteiger partial charge in [-0.05, 0) is 0 Å². The molecule has 0 atom stereocenters. The van der Waals surface area contributed by atoms with E-state index in [1.165, 1.54) is 47.4 Å². The Labute approximate surface area is 218 Å². The van der Waals surface area contributed by atoms with Crippen molar-refractivity contribution in [2.75, 3.05) is 0 Å². The summed E-state index contributed by atoms with van der Waals surface area (Å²) in [7, 11) is -2.92. The molecule has 188 valence electrons. The zero-order valence-electron chi connectivity index (χ0n) is 20.6. The fraction of sp³-hybridized carbons (Fsp3) is 0.571. The molecule has 0 aromatic carbocycles. The molecule has 0 bridgehead atoms. The van der Waals surface area contributed by atoms with Crippen LogP contribution in [0, 0.1) is 0 Å². The zero-order valence-corrected chi connectivity index (χ0v) is 23.3. The Kier molecular flexibility index (Phi) is 15.0. The molecular formula is C21H33BCl2CrN6O3. The molecule has 0 unspecified atom stereocenters. The van der Waals surface area contributed by atoms with Crippen molar-refractivity contribution in [2.24, 2.45) is 0 Å². The molecule has 3 rings (SSSR count). The van der Waals surface area contributed by atoms with Gasteiger partial charge in [0.15, 0.2) is 0 Å². The third-order valence-corrected chi connectivity index (χ3v) is 9.43. The van der Waals surface area contributed by atoms with Crippen molar-refractivity contribution in [2.45, 2.75) is 80.1 Å². The fourth-order valence-electron chi connectivity index (χ4n) is 3.70. The average molecular weight is 551 g/mol. The molecule has 3 heterocycles. The molecule has 0 radical (unpaired) electrons. The first kappa shape index (κ1) is 32.7. The first-order chi connectivity index (χ1) is 15.4. The molecule has 13 heteroatoms. The van der Waals surface area contributed by atoms with Crippen LogP contribution in [0.25, 0.3) is 0 Å². The Bertz CT molecular complexity index is 809. The quantitative estimate of drug-likeness (QED) is 0.225. The summed E-state index contributed by atoms with van der Waals surface area (Å²) in [5.74, 6) is 0. The van der Waals surface area contributed by atoms with Crippen molar-refractivity contribution < 1.29 is 54.0 Å². The number of rotatable bonds is 9. The summed E-state index contributed by atoms with van der Waals surface area (Å²) in [6.07, 6.45) is 5.70. The van der Waals surface area contributed by atoms with Crippen LogP contribution in [0.5, 0.6) is 0 Å². The number of H-pyrrole nitrogens is 3. The van der Waals surface area contributed by atoms with Crippen molar-refractivity contribution in [3.8, 4) is 0 Å². The second-order valence-corrected chi connectivity index (χ2v) is 10.0. The Morgan fingerprint density at radius 1 is 0.559 bits per heavy atom. The maximum absolute atomic E-state index is 8.42. The number of aryl methyl sites for hydroxylation is 6. The molecule has 34 heavy (non-hydrogen) atoms. The summed E-state index contributed by atoms with van der Waals surface area (Å²) in [6, 6.07) is 0. The fourth-order valence-corrected chi connectivity index (χ4v) is 8.69. The van der Waals surface area contributed by atoms with Crippen LogP contribution in [0.1, 0.15) is 75.7 Å². The largest absolute Gasteiger partial charge is 1.00 e. The molecule has 0 aliphatic rings. The van der Waals surface area contributed by atoms with Crippen LogP contribution in [0.15, 0.2) is 0 Å². The van der Waals surface area contributed by atoms with Crippen molar-refractivity contribution >= 4 is 20.6 Å². The number of halogens is 2. The minimum atomic E-state index is -2.92. The van der Waals surface area contributed by atoms with E-state index in [2.05, 4.69) is 56.8 Å². The van der Waals surface area contributed by atoms with E-state index in [4.69, 9.17) is 30.4 Å². The summed E-state index contributed by atoms with van der Waals surface area (Å²) in [6.45, 7) is 13.3. The van der Waals surface area contributed by atoms with Gasteiger partial charge in [-0.3, -0.25) is 7.32 Å². The maximum atomic E-state index is 8.42. The van der Waals surface area contributed by atoms with Crippen LogP contribution in [0.4, 0.5) is 0 Å². The third kappa shape index (κ3) is 7.11. The van der Waals surface area contributed by atoms with Crippen LogP contribution < -0.4 is 53.2 Å². The van der Waals surface area contributed by atoms with Gasteiger partial charge in [0, 0.05) is 0 Å². The van der Waals surface area contributed by atoms with E-state index in [0.29, 0.717) is 0 Å². The van der Waals surface area contributed by atoms with E-state index in [-0.39, 0.29) is 24.8 Å². The summed E-state index contributed by atoms with van der Waals surface area (Å²) < 4.78 is 4.34. The second-order valence-electron chi connectivity index (χ2n) is 7.15. The van der Waals surface area contributed by atoms with Gasteiger partial charge in [0.05, 0.1) is 0 Å². The Hall–Kier alpha value is -1.31. The SMILES string of the molecule is CCc1n[nH]c(CC)[c]1[Cr+5]([c]1c(CC)n[nH]c1CC)[c]1c(CC)n[nH]c1CC.[Cl-].[Cl-].[O-]B([O-])[O-]. The summed E-state index contributed by atoms with van der Waals surface area (Å²) in [5, 5.41) is 49.4. The van der Waals surface area contributed by atoms with E-state index in [0.717, 1.165) is 38.5 Å². The van der Waals surface area contributed by atoms with Crippen molar-refractivity contribution in [1.29, 1.82) is 0 Å². The molecule has 0 saturated carbocycles. The molecule has 0 aliphatic heterocycles. The molecule has 0 fully saturated rings. The van der Waals surface area contributed by atoms with Gasteiger partial charge < -0.3 is 39.9 Å². The Morgan fingerprint density at radius 2 is 0.794 bits per heavy atom. The third-order valence-electron chi connectivity index (χ3n) is 5.26. The average Bonchev–Trinajstić information content (AvgIpc) is 3.50. The first-order valence-electron chi connectivity index (χ1n) is 11.3. The number of nitrogens with zero attached hydrogens (tertiary/aromatic N) is 3. The molecule has 3 aromatic rings. The number of aromatic nitrogens is 6. The van der Waals surface area contributed by atoms with Gasteiger partial charge in [0.2, 0.25) is 0 Å². The second kappa shape index (κ2) is 15.6. The Morgan fingerprint density at radius 3 is 0.971 bits per heavy atom. The topological polar surface area (TPSA) is 155 Å². The van der Waals surface area contributed by atoms with Crippen LogP contribution in [-0.4, -0.2) is 37.9 Å². The van der Waals surface area contributed by atoms with Crippen molar-refractivity contribution in [1.82, 2.24) is 30.6 Å². The van der Waals surface area contributed by atoms with E-state index in [1.54, 1.807) is 0 Å². The van der Waals surface area contributed by atoms with Gasteiger partial charge in [-0.2, -0.15) is 0 Å². The molecule has 0 aliphatic carbocycles. The molecule has 0 amide bonds. The van der Waals surface area contributed by atoms with Gasteiger partial charge in [0.25, 0.3) is 0 Å². The normalized spacial score (nSPS) is 9.88. The van der Waals surface area contributed by atoms with E-state index >= 15 is 0 Å². The van der Waals surface area contributed by atoms with E-state index < -0.39 is 21.5 Å². The van der Waals surface area contributed by atoms with Gasteiger partial charge >= 0.3 is 172 Å². The van der Waals surface area contributed by atoms with Gasteiger partial charge in [-0.1, -0.05) is 0 Å². The minimum absolute atomic E-state index is 0. The maximum Gasteiger partial charge on any atom is -0.278 e. The predicted octanol–water partition coefficient (Wildman–Crippen LogP) is -7.82. The van der Waals surface area contributed by atoms with Gasteiger partial charge in [-0.15, -0.1) is 0 Å². The molecule has 0 saturated heterocycles. The number of aromatic amines is 3. The van der Waals surface area contributed by atoms with Gasteiger partial charge in [0.1, 0.15) is 0 Å². The minimum Gasteiger partial charge on any atom is -1.00 e. The number of hydrogen-bond donors (Lipinski definition) is 3. The summed E-state index contributed by atoms with van der Waals surface area (Å²) >= 11 is -1.60.